The van der Waals surface area contributed by atoms with Gasteiger partial charge in [-0.15, -0.1) is 0 Å². The van der Waals surface area contributed by atoms with E-state index in [9.17, 15) is 0 Å². The molecular formula is C36H27Cl. The van der Waals surface area contributed by atoms with Gasteiger partial charge >= 0.3 is 0 Å². The molecule has 0 N–H and O–H groups in total. The summed E-state index contributed by atoms with van der Waals surface area (Å²) in [5.74, 6) is 0.449. The van der Waals surface area contributed by atoms with Crippen molar-refractivity contribution < 1.29 is 0 Å². The third kappa shape index (κ3) is 2.69. The van der Waals surface area contributed by atoms with Crippen molar-refractivity contribution in [1.82, 2.24) is 0 Å². The summed E-state index contributed by atoms with van der Waals surface area (Å²) < 4.78 is 0. The molecule has 0 saturated heterocycles. The SMILES string of the molecule is Cc1cc2c(cc1Cl)c1c(c3c4ccccc4c4ccccc4c23)C=C2c3ccccc3C(C)(C)C2C1. The van der Waals surface area contributed by atoms with Crippen molar-refractivity contribution in [3.05, 3.63) is 118 Å². The third-order valence-electron chi connectivity index (χ3n) is 9.31. The van der Waals surface area contributed by atoms with Crippen LogP contribution in [0.15, 0.2) is 84.9 Å². The zero-order chi connectivity index (χ0) is 25.1. The Hall–Kier alpha value is -3.61. The van der Waals surface area contributed by atoms with Crippen molar-refractivity contribution >= 4 is 66.3 Å². The average molecular weight is 495 g/mol. The molecule has 0 aromatic heterocycles. The van der Waals surface area contributed by atoms with Gasteiger partial charge in [0.1, 0.15) is 0 Å². The van der Waals surface area contributed by atoms with Gasteiger partial charge in [-0.3, -0.25) is 0 Å². The first-order chi connectivity index (χ1) is 17.9. The van der Waals surface area contributed by atoms with Crippen LogP contribution in [0.2, 0.25) is 5.02 Å². The predicted octanol–water partition coefficient (Wildman–Crippen LogP) is 10.3. The van der Waals surface area contributed by atoms with Crippen LogP contribution in [0.25, 0.3) is 54.7 Å². The number of allylic oxidation sites excluding steroid dienone is 1. The third-order valence-corrected chi connectivity index (χ3v) is 9.71. The maximum atomic E-state index is 6.82. The summed E-state index contributed by atoms with van der Waals surface area (Å²) in [4.78, 5) is 0. The highest BCUT2D eigenvalue weighted by atomic mass is 35.5. The lowest BCUT2D eigenvalue weighted by atomic mass is 9.70. The minimum absolute atomic E-state index is 0.0847. The van der Waals surface area contributed by atoms with Crippen molar-refractivity contribution in [2.75, 3.05) is 0 Å². The molecule has 6 aromatic carbocycles. The second-order valence-corrected chi connectivity index (χ2v) is 11.9. The topological polar surface area (TPSA) is 0 Å². The molecule has 178 valence electrons. The van der Waals surface area contributed by atoms with Gasteiger partial charge < -0.3 is 0 Å². The number of benzene rings is 6. The Morgan fingerprint density at radius 1 is 0.703 bits per heavy atom. The summed E-state index contributed by atoms with van der Waals surface area (Å²) in [5, 5.41) is 11.5. The van der Waals surface area contributed by atoms with Gasteiger partial charge in [-0.05, 0) is 119 Å². The van der Waals surface area contributed by atoms with E-state index < -0.39 is 0 Å². The molecule has 0 radical (unpaired) electrons. The largest absolute Gasteiger partial charge is 0.0840 e. The zero-order valence-electron chi connectivity index (χ0n) is 21.3. The van der Waals surface area contributed by atoms with E-state index in [1.54, 1.807) is 0 Å². The van der Waals surface area contributed by atoms with Crippen LogP contribution in [0, 0.1) is 12.8 Å². The van der Waals surface area contributed by atoms with Crippen LogP contribution in [0.3, 0.4) is 0 Å². The van der Waals surface area contributed by atoms with E-state index in [0.717, 1.165) is 17.0 Å². The zero-order valence-corrected chi connectivity index (χ0v) is 22.1. The fraction of sp³-hybridized carbons (Fsp3) is 0.167. The highest BCUT2D eigenvalue weighted by molar-refractivity contribution is 6.36. The van der Waals surface area contributed by atoms with Crippen LogP contribution in [0.1, 0.15) is 41.7 Å². The Bertz CT molecular complexity index is 2000. The molecule has 0 fully saturated rings. The Morgan fingerprint density at radius 2 is 1.32 bits per heavy atom. The quantitative estimate of drug-likeness (QED) is 0.184. The molecule has 8 rings (SSSR count). The molecule has 6 aromatic rings. The summed E-state index contributed by atoms with van der Waals surface area (Å²) in [7, 11) is 0. The lowest BCUT2D eigenvalue weighted by molar-refractivity contribution is 0.411. The maximum Gasteiger partial charge on any atom is 0.0441 e. The Kier molecular flexibility index (Phi) is 4.20. The van der Waals surface area contributed by atoms with Crippen molar-refractivity contribution in [3.63, 3.8) is 0 Å². The van der Waals surface area contributed by atoms with Gasteiger partial charge in [-0.1, -0.05) is 98.2 Å². The molecule has 1 heteroatoms. The van der Waals surface area contributed by atoms with E-state index in [2.05, 4.69) is 112 Å². The van der Waals surface area contributed by atoms with E-state index in [-0.39, 0.29) is 5.41 Å². The van der Waals surface area contributed by atoms with Gasteiger partial charge in [0, 0.05) is 5.02 Å². The lowest BCUT2D eigenvalue weighted by Crippen LogP contribution is -2.27. The average Bonchev–Trinajstić information content (AvgIpc) is 3.14. The summed E-state index contributed by atoms with van der Waals surface area (Å²) in [6.07, 6.45) is 3.56. The van der Waals surface area contributed by atoms with Gasteiger partial charge in [0.05, 0.1) is 0 Å². The molecule has 0 amide bonds. The van der Waals surface area contributed by atoms with Crippen LogP contribution in [0.4, 0.5) is 0 Å². The molecule has 0 nitrogen and oxygen atoms in total. The van der Waals surface area contributed by atoms with Crippen LogP contribution in [0.5, 0.6) is 0 Å². The number of rotatable bonds is 0. The molecule has 0 heterocycles. The normalized spacial score (nSPS) is 17.7. The Labute approximate surface area is 222 Å². The first-order valence-electron chi connectivity index (χ1n) is 13.2. The van der Waals surface area contributed by atoms with Crippen molar-refractivity contribution in [2.24, 2.45) is 5.92 Å². The first-order valence-corrected chi connectivity index (χ1v) is 13.6. The molecule has 0 bridgehead atoms. The fourth-order valence-electron chi connectivity index (χ4n) is 7.48. The van der Waals surface area contributed by atoms with Crippen LogP contribution < -0.4 is 0 Å². The smallest absolute Gasteiger partial charge is 0.0441 e. The second-order valence-electron chi connectivity index (χ2n) is 11.5. The van der Waals surface area contributed by atoms with Crippen LogP contribution in [-0.4, -0.2) is 0 Å². The minimum atomic E-state index is 0.0847. The van der Waals surface area contributed by atoms with Crippen LogP contribution >= 0.6 is 11.6 Å². The molecule has 0 saturated carbocycles. The lowest BCUT2D eigenvalue weighted by Gasteiger charge is -2.33. The molecule has 2 aliphatic carbocycles. The summed E-state index contributed by atoms with van der Waals surface area (Å²) in [6.45, 7) is 6.97. The van der Waals surface area contributed by atoms with Crippen molar-refractivity contribution in [2.45, 2.75) is 32.6 Å². The number of hydrogen-bond acceptors (Lipinski definition) is 0. The molecular weight excluding hydrogens is 468 g/mol. The summed E-state index contributed by atoms with van der Waals surface area (Å²) in [6, 6.07) is 31.5. The molecule has 1 unspecified atom stereocenters. The standard InChI is InChI=1S/C36H27Cl/c1-20-16-29-27(19-33(20)37)26-18-32-28(23-12-8-9-15-31(23)36(32,2)3)17-30(26)35-25-14-7-5-11-22(25)21-10-4-6-13-24(21)34(29)35/h4-17,19,32H,18H2,1-3H3. The predicted molar refractivity (Wildman–Crippen MR) is 161 cm³/mol. The number of hydrogen-bond donors (Lipinski definition) is 0. The second kappa shape index (κ2) is 7.24. The van der Waals surface area contributed by atoms with Gasteiger partial charge in [0.15, 0.2) is 0 Å². The van der Waals surface area contributed by atoms with Crippen molar-refractivity contribution in [1.29, 1.82) is 0 Å². The minimum Gasteiger partial charge on any atom is -0.0840 e. The highest BCUT2D eigenvalue weighted by Gasteiger charge is 2.44. The molecule has 1 atom stereocenters. The molecule has 0 spiro atoms. The molecule has 2 aliphatic rings. The van der Waals surface area contributed by atoms with Crippen molar-refractivity contribution in [3.8, 4) is 0 Å². The van der Waals surface area contributed by atoms with E-state index in [4.69, 9.17) is 11.6 Å². The summed E-state index contributed by atoms with van der Waals surface area (Å²) >= 11 is 6.82. The Balaban J connectivity index is 1.65. The van der Waals surface area contributed by atoms with Gasteiger partial charge in [0.2, 0.25) is 0 Å². The van der Waals surface area contributed by atoms with Gasteiger partial charge in [0.25, 0.3) is 0 Å². The van der Waals surface area contributed by atoms with E-state index in [1.165, 1.54) is 70.9 Å². The van der Waals surface area contributed by atoms with E-state index >= 15 is 0 Å². The van der Waals surface area contributed by atoms with Crippen LogP contribution in [-0.2, 0) is 11.8 Å². The fourth-order valence-corrected chi connectivity index (χ4v) is 7.64. The number of fused-ring (bicyclic) bond motifs is 14. The van der Waals surface area contributed by atoms with Gasteiger partial charge in [-0.2, -0.15) is 0 Å². The number of aryl methyl sites for hydroxylation is 1. The Morgan fingerprint density at radius 3 is 2.05 bits per heavy atom. The molecule has 37 heavy (non-hydrogen) atoms. The van der Waals surface area contributed by atoms with Gasteiger partial charge in [-0.25, -0.2) is 0 Å². The summed E-state index contributed by atoms with van der Waals surface area (Å²) in [5.41, 5.74) is 8.42. The monoisotopic (exact) mass is 494 g/mol. The highest BCUT2D eigenvalue weighted by Crippen LogP contribution is 2.56. The van der Waals surface area contributed by atoms with E-state index in [1.807, 2.05) is 0 Å². The molecule has 0 aliphatic heterocycles. The maximum absolute atomic E-state index is 6.82. The number of halogens is 1. The van der Waals surface area contributed by atoms with E-state index in [0.29, 0.717) is 5.92 Å². The first kappa shape index (κ1) is 21.5.